The van der Waals surface area contributed by atoms with Crippen molar-refractivity contribution in [1.29, 1.82) is 0 Å². The van der Waals surface area contributed by atoms with E-state index < -0.39 is 9.84 Å². The third kappa shape index (κ3) is 4.83. The van der Waals surface area contributed by atoms with Crippen molar-refractivity contribution in [1.82, 2.24) is 5.32 Å². The van der Waals surface area contributed by atoms with Crippen LogP contribution in [0, 0.1) is 5.92 Å². The van der Waals surface area contributed by atoms with Crippen LogP contribution in [-0.4, -0.2) is 26.6 Å². The van der Waals surface area contributed by atoms with Gasteiger partial charge in [-0.25, -0.2) is 8.42 Å². The van der Waals surface area contributed by atoms with Crippen LogP contribution >= 0.6 is 0 Å². The topological polar surface area (TPSA) is 63.2 Å². The first-order valence-electron chi connectivity index (χ1n) is 7.96. The van der Waals surface area contributed by atoms with Crippen LogP contribution in [0.4, 0.5) is 0 Å². The first-order chi connectivity index (χ1) is 10.4. The van der Waals surface area contributed by atoms with Gasteiger partial charge in [-0.05, 0) is 42.9 Å². The molecule has 1 aromatic carbocycles. The molecule has 0 aliphatic heterocycles. The summed E-state index contributed by atoms with van der Waals surface area (Å²) in [6, 6.07) is 7.11. The fraction of sp³-hybridized carbons (Fsp3) is 0.588. The Labute approximate surface area is 133 Å². The Bertz CT molecular complexity index is 603. The number of hydrogen-bond donors (Lipinski definition) is 1. The zero-order valence-corrected chi connectivity index (χ0v) is 14.2. The molecule has 0 radical (unpaired) electrons. The van der Waals surface area contributed by atoms with E-state index in [0.29, 0.717) is 17.0 Å². The van der Waals surface area contributed by atoms with Crippen molar-refractivity contribution in [2.75, 3.05) is 6.26 Å². The molecule has 0 bridgehead atoms. The van der Waals surface area contributed by atoms with Crippen molar-refractivity contribution in [2.45, 2.75) is 50.8 Å². The molecule has 1 atom stereocenters. The fourth-order valence-corrected chi connectivity index (χ4v) is 3.68. The van der Waals surface area contributed by atoms with Crippen LogP contribution in [0.2, 0.25) is 0 Å². The van der Waals surface area contributed by atoms with E-state index in [1.807, 2.05) is 0 Å². The number of sulfone groups is 1. The Balaban J connectivity index is 1.99. The van der Waals surface area contributed by atoms with Gasteiger partial charge >= 0.3 is 0 Å². The van der Waals surface area contributed by atoms with Crippen molar-refractivity contribution in [2.24, 2.45) is 5.92 Å². The largest absolute Gasteiger partial charge is 0.349 e. The van der Waals surface area contributed by atoms with Crippen LogP contribution in [0.5, 0.6) is 0 Å². The molecular weight excluding hydrogens is 298 g/mol. The Hall–Kier alpha value is -1.36. The smallest absolute Gasteiger partial charge is 0.251 e. The van der Waals surface area contributed by atoms with Gasteiger partial charge in [0.2, 0.25) is 0 Å². The summed E-state index contributed by atoms with van der Waals surface area (Å²) in [5.74, 6) is 0.569. The molecule has 1 fully saturated rings. The lowest BCUT2D eigenvalue weighted by Gasteiger charge is -2.34. The quantitative estimate of drug-likeness (QED) is 0.839. The predicted octanol–water partition coefficient (Wildman–Crippen LogP) is 2.93. The van der Waals surface area contributed by atoms with E-state index in [0.717, 1.165) is 12.8 Å². The molecule has 1 N–H and O–H groups in total. The molecule has 0 saturated heterocycles. The van der Waals surface area contributed by atoms with Crippen molar-refractivity contribution >= 4 is 15.7 Å². The van der Waals surface area contributed by atoms with Crippen LogP contribution in [0.25, 0.3) is 0 Å². The predicted molar refractivity (Wildman–Crippen MR) is 88.5 cm³/mol. The average Bonchev–Trinajstić information content (AvgIpc) is 2.35. The third-order valence-electron chi connectivity index (χ3n) is 4.28. The van der Waals surface area contributed by atoms with Crippen LogP contribution in [-0.2, 0) is 15.6 Å². The van der Waals surface area contributed by atoms with Gasteiger partial charge < -0.3 is 5.32 Å². The molecule has 5 heteroatoms. The summed E-state index contributed by atoms with van der Waals surface area (Å²) < 4.78 is 22.5. The summed E-state index contributed by atoms with van der Waals surface area (Å²) >= 11 is 0. The van der Waals surface area contributed by atoms with E-state index in [1.165, 1.54) is 25.5 Å². The molecule has 0 aromatic heterocycles. The molecule has 0 heterocycles. The van der Waals surface area contributed by atoms with Gasteiger partial charge in [0.25, 0.3) is 5.91 Å². The minimum absolute atomic E-state index is 0.00936. The second-order valence-electron chi connectivity index (χ2n) is 6.33. The number of benzene rings is 1. The number of carbonyl (C=O) groups excluding carboxylic acids is 1. The SMILES string of the molecule is CCC[C@@H](NC(=O)c1ccc(CS(C)(=O)=O)cc1)C1CCC1. The summed E-state index contributed by atoms with van der Waals surface area (Å²) in [7, 11) is -3.04. The van der Waals surface area contributed by atoms with E-state index >= 15 is 0 Å². The van der Waals surface area contributed by atoms with Crippen molar-refractivity contribution in [3.05, 3.63) is 35.4 Å². The minimum atomic E-state index is -3.04. The average molecular weight is 323 g/mol. The zero-order chi connectivity index (χ0) is 16.2. The Morgan fingerprint density at radius 1 is 1.27 bits per heavy atom. The first-order valence-corrected chi connectivity index (χ1v) is 10.0. The van der Waals surface area contributed by atoms with Crippen LogP contribution in [0.15, 0.2) is 24.3 Å². The van der Waals surface area contributed by atoms with Gasteiger partial charge in [-0.2, -0.15) is 0 Å². The number of hydrogen-bond acceptors (Lipinski definition) is 3. The second-order valence-corrected chi connectivity index (χ2v) is 8.47. The van der Waals surface area contributed by atoms with E-state index in [9.17, 15) is 13.2 Å². The standard InChI is InChI=1S/C17H25NO3S/c1-3-5-16(14-6-4-7-14)18-17(19)15-10-8-13(9-11-15)12-22(2,20)21/h8-11,14,16H,3-7,12H2,1-2H3,(H,18,19)/t16-/m1/s1. The maximum absolute atomic E-state index is 12.3. The highest BCUT2D eigenvalue weighted by atomic mass is 32.2. The van der Waals surface area contributed by atoms with Crippen molar-refractivity contribution in [3.63, 3.8) is 0 Å². The summed E-state index contributed by atoms with van der Waals surface area (Å²) in [6.45, 7) is 2.14. The molecule has 122 valence electrons. The fourth-order valence-electron chi connectivity index (χ4n) is 2.89. The molecule has 1 amide bonds. The van der Waals surface area contributed by atoms with Gasteiger partial charge in [-0.1, -0.05) is 31.9 Å². The first kappa shape index (κ1) is 17.0. The van der Waals surface area contributed by atoms with Gasteiger partial charge in [-0.15, -0.1) is 0 Å². The summed E-state index contributed by atoms with van der Waals surface area (Å²) in [4.78, 5) is 12.3. The summed E-state index contributed by atoms with van der Waals surface area (Å²) in [6.07, 6.45) is 6.97. The lowest BCUT2D eigenvalue weighted by Crippen LogP contribution is -2.42. The molecule has 0 spiro atoms. The highest BCUT2D eigenvalue weighted by Gasteiger charge is 2.27. The van der Waals surface area contributed by atoms with E-state index in [1.54, 1.807) is 24.3 Å². The van der Waals surface area contributed by atoms with Gasteiger partial charge in [0.05, 0.1) is 5.75 Å². The highest BCUT2D eigenvalue weighted by molar-refractivity contribution is 7.89. The molecule has 1 aliphatic rings. The highest BCUT2D eigenvalue weighted by Crippen LogP contribution is 2.31. The zero-order valence-electron chi connectivity index (χ0n) is 13.3. The van der Waals surface area contributed by atoms with Crippen LogP contribution < -0.4 is 5.32 Å². The monoisotopic (exact) mass is 323 g/mol. The van der Waals surface area contributed by atoms with E-state index in [-0.39, 0.29) is 17.7 Å². The molecule has 0 unspecified atom stereocenters. The number of amides is 1. The molecule has 2 rings (SSSR count). The van der Waals surface area contributed by atoms with Crippen LogP contribution in [0.3, 0.4) is 0 Å². The van der Waals surface area contributed by atoms with Crippen molar-refractivity contribution in [3.8, 4) is 0 Å². The Morgan fingerprint density at radius 3 is 2.36 bits per heavy atom. The van der Waals surface area contributed by atoms with E-state index in [4.69, 9.17) is 0 Å². The number of nitrogens with one attached hydrogen (secondary N) is 1. The van der Waals surface area contributed by atoms with Gasteiger partial charge in [0.1, 0.15) is 0 Å². The maximum atomic E-state index is 12.3. The molecule has 1 saturated carbocycles. The molecule has 1 aliphatic carbocycles. The Kier molecular flexibility index (Phi) is 5.62. The maximum Gasteiger partial charge on any atom is 0.251 e. The summed E-state index contributed by atoms with van der Waals surface area (Å²) in [5, 5.41) is 3.15. The third-order valence-corrected chi connectivity index (χ3v) is 5.14. The van der Waals surface area contributed by atoms with Gasteiger partial charge in [-0.3, -0.25) is 4.79 Å². The molecule has 22 heavy (non-hydrogen) atoms. The van der Waals surface area contributed by atoms with Gasteiger partial charge in [0, 0.05) is 17.9 Å². The van der Waals surface area contributed by atoms with Crippen molar-refractivity contribution < 1.29 is 13.2 Å². The summed E-state index contributed by atoms with van der Waals surface area (Å²) in [5.41, 5.74) is 1.31. The normalized spacial score (nSPS) is 16.8. The molecule has 1 aromatic rings. The second kappa shape index (κ2) is 7.27. The molecular formula is C17H25NO3S. The Morgan fingerprint density at radius 2 is 1.91 bits per heavy atom. The lowest BCUT2D eigenvalue weighted by atomic mass is 9.78. The lowest BCUT2D eigenvalue weighted by molar-refractivity contribution is 0.0896. The van der Waals surface area contributed by atoms with E-state index in [2.05, 4.69) is 12.2 Å². The minimum Gasteiger partial charge on any atom is -0.349 e. The molecule has 4 nitrogen and oxygen atoms in total. The number of rotatable bonds is 7. The van der Waals surface area contributed by atoms with Crippen LogP contribution in [0.1, 0.15) is 54.9 Å². The number of carbonyl (C=O) groups is 1. The van der Waals surface area contributed by atoms with Gasteiger partial charge in [0.15, 0.2) is 9.84 Å².